The second-order valence-electron chi connectivity index (χ2n) is 4.99. The highest BCUT2D eigenvalue weighted by molar-refractivity contribution is 5.57. The zero-order valence-corrected chi connectivity index (χ0v) is 11.6. The lowest BCUT2D eigenvalue weighted by Gasteiger charge is -2.31. The van der Waals surface area contributed by atoms with Crippen LogP contribution in [0.25, 0.3) is 0 Å². The monoisotopic (exact) mass is 267 g/mol. The number of nitrogens with one attached hydrogen (secondary N) is 1. The first-order valence-electron chi connectivity index (χ1n) is 6.94. The standard InChI is InChI=1S/C15H22FNO2/c1-3-4-13-10-12(7-8-19-13)17-14-6-5-11(16)9-15(14)18-2/h5-6,9,12-13,17H,3-4,7-8,10H2,1-2H3. The Morgan fingerprint density at radius 3 is 3.05 bits per heavy atom. The van der Waals surface area contributed by atoms with Crippen LogP contribution < -0.4 is 10.1 Å². The highest BCUT2D eigenvalue weighted by atomic mass is 19.1. The van der Waals surface area contributed by atoms with Crippen molar-refractivity contribution in [1.82, 2.24) is 0 Å². The molecule has 0 bridgehead atoms. The highest BCUT2D eigenvalue weighted by Gasteiger charge is 2.22. The van der Waals surface area contributed by atoms with Crippen molar-refractivity contribution < 1.29 is 13.9 Å². The molecule has 2 unspecified atom stereocenters. The van der Waals surface area contributed by atoms with Gasteiger partial charge in [0, 0.05) is 18.7 Å². The van der Waals surface area contributed by atoms with Gasteiger partial charge in [0.1, 0.15) is 11.6 Å². The predicted molar refractivity (Wildman–Crippen MR) is 74.2 cm³/mol. The summed E-state index contributed by atoms with van der Waals surface area (Å²) in [5.41, 5.74) is 0.853. The zero-order chi connectivity index (χ0) is 13.7. The van der Waals surface area contributed by atoms with Crippen LogP contribution in [-0.4, -0.2) is 25.9 Å². The molecular weight excluding hydrogens is 245 g/mol. The molecule has 4 heteroatoms. The summed E-state index contributed by atoms with van der Waals surface area (Å²) >= 11 is 0. The predicted octanol–water partition coefficient (Wildman–Crippen LogP) is 3.59. The van der Waals surface area contributed by atoms with E-state index >= 15 is 0 Å². The summed E-state index contributed by atoms with van der Waals surface area (Å²) in [6.45, 7) is 2.95. The maximum Gasteiger partial charge on any atom is 0.144 e. The van der Waals surface area contributed by atoms with Crippen LogP contribution in [0.2, 0.25) is 0 Å². The Morgan fingerprint density at radius 2 is 2.32 bits per heavy atom. The van der Waals surface area contributed by atoms with Crippen LogP contribution in [0.5, 0.6) is 5.75 Å². The highest BCUT2D eigenvalue weighted by Crippen LogP contribution is 2.28. The van der Waals surface area contributed by atoms with Crippen LogP contribution in [0.15, 0.2) is 18.2 Å². The molecular formula is C15H22FNO2. The molecule has 2 rings (SSSR count). The maximum absolute atomic E-state index is 13.1. The smallest absolute Gasteiger partial charge is 0.144 e. The molecule has 0 amide bonds. The Morgan fingerprint density at radius 1 is 1.47 bits per heavy atom. The molecule has 19 heavy (non-hydrogen) atoms. The van der Waals surface area contributed by atoms with E-state index < -0.39 is 0 Å². The van der Waals surface area contributed by atoms with Crippen molar-refractivity contribution in [3.05, 3.63) is 24.0 Å². The summed E-state index contributed by atoms with van der Waals surface area (Å²) in [6.07, 6.45) is 4.54. The van der Waals surface area contributed by atoms with E-state index in [2.05, 4.69) is 12.2 Å². The van der Waals surface area contributed by atoms with Gasteiger partial charge in [0.25, 0.3) is 0 Å². The molecule has 0 aromatic heterocycles. The van der Waals surface area contributed by atoms with E-state index in [0.717, 1.165) is 38.0 Å². The van der Waals surface area contributed by atoms with Crippen molar-refractivity contribution >= 4 is 5.69 Å². The van der Waals surface area contributed by atoms with Gasteiger partial charge in [-0.3, -0.25) is 0 Å². The fourth-order valence-corrected chi connectivity index (χ4v) is 2.54. The van der Waals surface area contributed by atoms with Gasteiger partial charge in [-0.15, -0.1) is 0 Å². The third kappa shape index (κ3) is 3.83. The summed E-state index contributed by atoms with van der Waals surface area (Å²) < 4.78 is 24.1. The van der Waals surface area contributed by atoms with E-state index in [1.807, 2.05) is 0 Å². The molecule has 1 fully saturated rings. The SMILES string of the molecule is CCCC1CC(Nc2ccc(F)cc2OC)CCO1. The summed E-state index contributed by atoms with van der Waals surface area (Å²) in [5, 5.41) is 3.44. The van der Waals surface area contributed by atoms with Crippen LogP contribution in [0.4, 0.5) is 10.1 Å². The van der Waals surface area contributed by atoms with Gasteiger partial charge in [0.15, 0.2) is 0 Å². The quantitative estimate of drug-likeness (QED) is 0.884. The second-order valence-corrected chi connectivity index (χ2v) is 4.99. The van der Waals surface area contributed by atoms with Crippen molar-refractivity contribution in [1.29, 1.82) is 0 Å². The lowest BCUT2D eigenvalue weighted by atomic mass is 10.00. The molecule has 1 aromatic rings. The van der Waals surface area contributed by atoms with E-state index in [4.69, 9.17) is 9.47 Å². The van der Waals surface area contributed by atoms with Gasteiger partial charge in [0.05, 0.1) is 18.9 Å². The van der Waals surface area contributed by atoms with E-state index in [-0.39, 0.29) is 5.82 Å². The van der Waals surface area contributed by atoms with Crippen molar-refractivity contribution in [2.24, 2.45) is 0 Å². The minimum Gasteiger partial charge on any atom is -0.494 e. The molecule has 1 aromatic carbocycles. The fourth-order valence-electron chi connectivity index (χ4n) is 2.54. The number of halogens is 1. The number of ether oxygens (including phenoxy) is 2. The van der Waals surface area contributed by atoms with Crippen molar-refractivity contribution in [3.63, 3.8) is 0 Å². The van der Waals surface area contributed by atoms with Gasteiger partial charge in [0.2, 0.25) is 0 Å². The van der Waals surface area contributed by atoms with E-state index in [1.54, 1.807) is 13.2 Å². The van der Waals surface area contributed by atoms with Gasteiger partial charge < -0.3 is 14.8 Å². The van der Waals surface area contributed by atoms with Crippen LogP contribution in [0.3, 0.4) is 0 Å². The Balaban J connectivity index is 2.00. The topological polar surface area (TPSA) is 30.5 Å². The summed E-state index contributed by atoms with van der Waals surface area (Å²) in [7, 11) is 1.56. The number of rotatable bonds is 5. The number of benzene rings is 1. The molecule has 0 spiro atoms. The van der Waals surface area contributed by atoms with Gasteiger partial charge in [-0.25, -0.2) is 4.39 Å². The summed E-state index contributed by atoms with van der Waals surface area (Å²) in [4.78, 5) is 0. The van der Waals surface area contributed by atoms with Gasteiger partial charge in [-0.05, 0) is 31.4 Å². The Kier molecular flexibility index (Phi) is 5.02. The average molecular weight is 267 g/mol. The van der Waals surface area contributed by atoms with Crippen LogP contribution in [0.1, 0.15) is 32.6 Å². The van der Waals surface area contributed by atoms with Gasteiger partial charge >= 0.3 is 0 Å². The van der Waals surface area contributed by atoms with Crippen molar-refractivity contribution in [2.75, 3.05) is 19.0 Å². The largest absolute Gasteiger partial charge is 0.494 e. The van der Waals surface area contributed by atoms with Crippen LogP contribution in [-0.2, 0) is 4.74 Å². The van der Waals surface area contributed by atoms with E-state index in [0.29, 0.717) is 17.9 Å². The third-order valence-corrected chi connectivity index (χ3v) is 3.50. The van der Waals surface area contributed by atoms with E-state index in [9.17, 15) is 4.39 Å². The third-order valence-electron chi connectivity index (χ3n) is 3.50. The Labute approximate surface area is 114 Å². The lowest BCUT2D eigenvalue weighted by Crippen LogP contribution is -2.34. The first-order chi connectivity index (χ1) is 9.22. The number of hydrogen-bond acceptors (Lipinski definition) is 3. The minimum absolute atomic E-state index is 0.279. The Hall–Kier alpha value is -1.29. The molecule has 1 aliphatic heterocycles. The minimum atomic E-state index is -0.279. The number of anilines is 1. The number of hydrogen-bond donors (Lipinski definition) is 1. The second kappa shape index (κ2) is 6.75. The Bertz CT molecular complexity index is 409. The molecule has 106 valence electrons. The molecule has 1 heterocycles. The summed E-state index contributed by atoms with van der Waals surface area (Å²) in [6, 6.07) is 4.96. The van der Waals surface area contributed by atoms with Crippen molar-refractivity contribution in [3.8, 4) is 5.75 Å². The summed E-state index contributed by atoms with van der Waals surface area (Å²) in [5.74, 6) is 0.275. The van der Waals surface area contributed by atoms with Gasteiger partial charge in [-0.1, -0.05) is 13.3 Å². The van der Waals surface area contributed by atoms with Crippen LogP contribution >= 0.6 is 0 Å². The molecule has 0 aliphatic carbocycles. The molecule has 1 saturated heterocycles. The normalized spacial score (nSPS) is 23.1. The van der Waals surface area contributed by atoms with E-state index in [1.165, 1.54) is 12.1 Å². The molecule has 2 atom stereocenters. The first-order valence-corrected chi connectivity index (χ1v) is 6.94. The first kappa shape index (κ1) is 14.1. The molecule has 0 saturated carbocycles. The molecule has 0 radical (unpaired) electrons. The molecule has 1 N–H and O–H groups in total. The molecule has 1 aliphatic rings. The fraction of sp³-hybridized carbons (Fsp3) is 0.600. The maximum atomic E-state index is 13.1. The van der Waals surface area contributed by atoms with Crippen LogP contribution in [0, 0.1) is 5.82 Å². The molecule has 3 nitrogen and oxygen atoms in total. The van der Waals surface area contributed by atoms with Gasteiger partial charge in [-0.2, -0.15) is 0 Å². The lowest BCUT2D eigenvalue weighted by molar-refractivity contribution is 0.00595. The average Bonchev–Trinajstić information content (AvgIpc) is 2.41. The zero-order valence-electron chi connectivity index (χ0n) is 11.6. The van der Waals surface area contributed by atoms with Crippen molar-refractivity contribution in [2.45, 2.75) is 44.8 Å². The number of methoxy groups -OCH3 is 1.